The summed E-state index contributed by atoms with van der Waals surface area (Å²) < 4.78 is 2.00. The van der Waals surface area contributed by atoms with Crippen molar-refractivity contribution in [3.63, 3.8) is 0 Å². The van der Waals surface area contributed by atoms with Crippen LogP contribution in [-0.4, -0.2) is 30.8 Å². The van der Waals surface area contributed by atoms with E-state index in [1.54, 1.807) is 24.2 Å². The number of hydrogen-bond donors (Lipinski definition) is 1. The van der Waals surface area contributed by atoms with Gasteiger partial charge in [-0.3, -0.25) is 10.3 Å². The van der Waals surface area contributed by atoms with E-state index in [9.17, 15) is 0 Å². The van der Waals surface area contributed by atoms with Gasteiger partial charge in [0.05, 0.1) is 0 Å². The Morgan fingerprint density at radius 2 is 1.83 bits per heavy atom. The molecule has 1 saturated carbocycles. The van der Waals surface area contributed by atoms with Gasteiger partial charge in [-0.1, -0.05) is 30.3 Å². The topological polar surface area (TPSA) is 68.5 Å². The quantitative estimate of drug-likeness (QED) is 0.557. The van der Waals surface area contributed by atoms with Gasteiger partial charge < -0.3 is 0 Å². The Balaban J connectivity index is 1.45. The maximum Gasteiger partial charge on any atom is 0.194 e. The summed E-state index contributed by atoms with van der Waals surface area (Å²) in [5.74, 6) is 0.694. The highest BCUT2D eigenvalue weighted by Crippen LogP contribution is 2.41. The normalized spacial score (nSPS) is 17.6. The van der Waals surface area contributed by atoms with E-state index in [1.165, 1.54) is 18.4 Å². The molecule has 1 N–H and O–H groups in total. The Kier molecular flexibility index (Phi) is 3.95. The molecule has 29 heavy (non-hydrogen) atoms. The van der Waals surface area contributed by atoms with Gasteiger partial charge in [-0.15, -0.1) is 5.10 Å². The summed E-state index contributed by atoms with van der Waals surface area (Å²) in [7, 11) is 0. The van der Waals surface area contributed by atoms with Crippen LogP contribution in [0.3, 0.4) is 0 Å². The van der Waals surface area contributed by atoms with Crippen LogP contribution in [0.1, 0.15) is 24.6 Å². The summed E-state index contributed by atoms with van der Waals surface area (Å²) in [6.45, 7) is 0. The number of nitrogens with one attached hydrogen (secondary N) is 1. The van der Waals surface area contributed by atoms with Gasteiger partial charge >= 0.3 is 0 Å². The van der Waals surface area contributed by atoms with Crippen LogP contribution in [0.4, 0.5) is 0 Å². The fraction of sp³-hybridized carbons (Fsp3) is 0.182. The first-order chi connectivity index (χ1) is 14.3. The summed E-state index contributed by atoms with van der Waals surface area (Å²) >= 11 is 1.57. The lowest BCUT2D eigenvalue weighted by molar-refractivity contribution is 0.384. The molecule has 0 spiro atoms. The highest BCUT2D eigenvalue weighted by atomic mass is 32.2. The van der Waals surface area contributed by atoms with Crippen molar-refractivity contribution in [2.45, 2.75) is 35.2 Å². The molecule has 4 heterocycles. The second-order valence-corrected chi connectivity index (χ2v) is 8.29. The van der Waals surface area contributed by atoms with Gasteiger partial charge in [-0.2, -0.15) is 0 Å². The van der Waals surface area contributed by atoms with Crippen LogP contribution in [0.2, 0.25) is 0 Å². The third-order valence-corrected chi connectivity index (χ3v) is 6.20. The van der Waals surface area contributed by atoms with E-state index in [4.69, 9.17) is 15.1 Å². The first-order valence-corrected chi connectivity index (χ1v) is 10.5. The van der Waals surface area contributed by atoms with Crippen molar-refractivity contribution < 1.29 is 0 Å². The molecular formula is C22H18N6S. The minimum Gasteiger partial charge on any atom is -0.289 e. The van der Waals surface area contributed by atoms with Crippen molar-refractivity contribution in [1.29, 1.82) is 0 Å². The molecule has 1 fully saturated rings. The monoisotopic (exact) mass is 398 g/mol. The number of hydrogen-bond acceptors (Lipinski definition) is 6. The van der Waals surface area contributed by atoms with Crippen LogP contribution in [0.25, 0.3) is 22.5 Å². The third kappa shape index (κ3) is 3.12. The summed E-state index contributed by atoms with van der Waals surface area (Å²) in [6.07, 6.45) is 7.84. The van der Waals surface area contributed by atoms with E-state index in [-0.39, 0.29) is 6.17 Å². The second-order valence-electron chi connectivity index (χ2n) is 7.33. The molecule has 0 unspecified atom stereocenters. The lowest BCUT2D eigenvalue weighted by Gasteiger charge is -2.26. The maximum absolute atomic E-state index is 4.84. The van der Waals surface area contributed by atoms with Crippen molar-refractivity contribution in [1.82, 2.24) is 30.0 Å². The largest absolute Gasteiger partial charge is 0.289 e. The smallest absolute Gasteiger partial charge is 0.194 e. The zero-order chi connectivity index (χ0) is 19.2. The van der Waals surface area contributed by atoms with Crippen LogP contribution in [-0.2, 0) is 0 Å². The molecule has 1 aliphatic heterocycles. The number of benzene rings is 1. The van der Waals surface area contributed by atoms with E-state index < -0.39 is 0 Å². The number of fused-ring (bicyclic) bond motifs is 2. The Bertz CT molecular complexity index is 1170. The molecule has 7 heteroatoms. The zero-order valence-electron chi connectivity index (χ0n) is 15.6. The second kappa shape index (κ2) is 6.79. The SMILES string of the molecule is c1ccc(-c2cnc3c(c2)[C@@H](NC2CC2)n2nc(-c4cccnc4)nc2S3)cc1. The number of pyridine rings is 2. The Morgan fingerprint density at radius 3 is 2.62 bits per heavy atom. The highest BCUT2D eigenvalue weighted by Gasteiger charge is 2.34. The molecule has 1 aromatic carbocycles. The Labute approximate surface area is 172 Å². The van der Waals surface area contributed by atoms with Gasteiger partial charge in [0.1, 0.15) is 11.2 Å². The predicted octanol–water partition coefficient (Wildman–Crippen LogP) is 4.17. The van der Waals surface area contributed by atoms with Gasteiger partial charge in [0.15, 0.2) is 11.0 Å². The van der Waals surface area contributed by atoms with Crippen molar-refractivity contribution in [3.05, 3.63) is 72.7 Å². The molecule has 0 radical (unpaired) electrons. The molecule has 1 aliphatic carbocycles. The van der Waals surface area contributed by atoms with Crippen LogP contribution in [0.5, 0.6) is 0 Å². The number of nitrogens with zero attached hydrogens (tertiary/aromatic N) is 5. The van der Waals surface area contributed by atoms with Crippen LogP contribution in [0, 0.1) is 0 Å². The van der Waals surface area contributed by atoms with Crippen molar-refractivity contribution in [3.8, 4) is 22.5 Å². The molecule has 142 valence electrons. The summed E-state index contributed by atoms with van der Waals surface area (Å²) in [5, 5.41) is 10.4. The average Bonchev–Trinajstić information content (AvgIpc) is 3.50. The molecule has 4 aromatic rings. The number of aromatic nitrogens is 5. The summed E-state index contributed by atoms with van der Waals surface area (Å²) in [4.78, 5) is 13.8. The molecule has 0 amide bonds. The molecular weight excluding hydrogens is 380 g/mol. The van der Waals surface area contributed by atoms with E-state index in [0.29, 0.717) is 11.9 Å². The lowest BCUT2D eigenvalue weighted by atomic mass is 10.0. The van der Waals surface area contributed by atoms with Gasteiger partial charge in [0.2, 0.25) is 0 Å². The minimum atomic E-state index is -0.0668. The van der Waals surface area contributed by atoms with Gasteiger partial charge in [-0.05, 0) is 48.4 Å². The Morgan fingerprint density at radius 1 is 0.966 bits per heavy atom. The fourth-order valence-electron chi connectivity index (χ4n) is 3.55. The average molecular weight is 398 g/mol. The molecule has 2 aliphatic rings. The van der Waals surface area contributed by atoms with E-state index in [2.05, 4.69) is 40.6 Å². The standard InChI is InChI=1S/C22H18N6S/c1-2-5-14(6-3-1)16-11-18-20(25-17-8-9-17)28-22(29-21(18)24-13-16)26-19(27-28)15-7-4-10-23-12-15/h1-7,10-13,17,20,25H,8-9H2/t20-/m0/s1. The first kappa shape index (κ1) is 16.9. The maximum atomic E-state index is 4.84. The molecule has 6 rings (SSSR count). The van der Waals surface area contributed by atoms with Gasteiger partial charge in [0.25, 0.3) is 0 Å². The molecule has 0 bridgehead atoms. The van der Waals surface area contributed by atoms with Gasteiger partial charge in [-0.25, -0.2) is 14.6 Å². The minimum absolute atomic E-state index is 0.0668. The van der Waals surface area contributed by atoms with Crippen LogP contribution in [0.15, 0.2) is 77.3 Å². The molecule has 0 saturated heterocycles. The van der Waals surface area contributed by atoms with Crippen molar-refractivity contribution >= 4 is 11.8 Å². The first-order valence-electron chi connectivity index (χ1n) is 9.71. The van der Waals surface area contributed by atoms with Crippen LogP contribution >= 0.6 is 11.8 Å². The third-order valence-electron chi connectivity index (χ3n) is 5.20. The van der Waals surface area contributed by atoms with E-state index in [1.807, 2.05) is 29.1 Å². The predicted molar refractivity (Wildman–Crippen MR) is 111 cm³/mol. The zero-order valence-corrected chi connectivity index (χ0v) is 16.4. The molecule has 6 nitrogen and oxygen atoms in total. The highest BCUT2D eigenvalue weighted by molar-refractivity contribution is 7.99. The number of rotatable bonds is 4. The van der Waals surface area contributed by atoms with E-state index >= 15 is 0 Å². The van der Waals surface area contributed by atoms with Gasteiger partial charge in [0, 0.05) is 41.3 Å². The van der Waals surface area contributed by atoms with E-state index in [0.717, 1.165) is 26.9 Å². The van der Waals surface area contributed by atoms with Crippen molar-refractivity contribution in [2.75, 3.05) is 0 Å². The molecule has 1 atom stereocenters. The Hall–Kier alpha value is -3.03. The summed E-state index contributed by atoms with van der Waals surface area (Å²) in [5.41, 5.74) is 4.35. The lowest BCUT2D eigenvalue weighted by Crippen LogP contribution is -2.33. The molecule has 3 aromatic heterocycles. The van der Waals surface area contributed by atoms with Crippen molar-refractivity contribution in [2.24, 2.45) is 0 Å². The summed E-state index contributed by atoms with van der Waals surface area (Å²) in [6, 6.07) is 17.0. The fourth-order valence-corrected chi connectivity index (χ4v) is 4.49. The van der Waals surface area contributed by atoms with Crippen LogP contribution < -0.4 is 5.32 Å².